The molecule has 0 aliphatic rings. The van der Waals surface area contributed by atoms with E-state index in [2.05, 4.69) is 15.6 Å². The van der Waals surface area contributed by atoms with Crippen molar-refractivity contribution < 1.29 is 9.21 Å². The number of aliphatic imine (C=N–C) groups is 1. The highest BCUT2D eigenvalue weighted by Crippen LogP contribution is 2.23. The van der Waals surface area contributed by atoms with Gasteiger partial charge >= 0.3 is 6.03 Å². The summed E-state index contributed by atoms with van der Waals surface area (Å²) in [5.41, 5.74) is 3.53. The number of aryl methyl sites for hydroxylation is 1. The maximum absolute atomic E-state index is 12.6. The highest BCUT2D eigenvalue weighted by atomic mass is 16.3. The van der Waals surface area contributed by atoms with E-state index < -0.39 is 6.03 Å². The summed E-state index contributed by atoms with van der Waals surface area (Å²) >= 11 is 0. The van der Waals surface area contributed by atoms with E-state index >= 15 is 0 Å². The Morgan fingerprint density at radius 3 is 2.17 bits per heavy atom. The van der Waals surface area contributed by atoms with Gasteiger partial charge in [-0.05, 0) is 43.3 Å². The molecule has 0 saturated carbocycles. The van der Waals surface area contributed by atoms with Gasteiger partial charge in [0.15, 0.2) is 11.6 Å². The van der Waals surface area contributed by atoms with Crippen LogP contribution >= 0.6 is 0 Å². The van der Waals surface area contributed by atoms with Crippen LogP contribution < -0.4 is 10.6 Å². The third kappa shape index (κ3) is 4.83. The number of carbonyl (C=O) groups is 1. The first-order valence-electron chi connectivity index (χ1n) is 9.61. The summed E-state index contributed by atoms with van der Waals surface area (Å²) in [6, 6.07) is 30.0. The van der Waals surface area contributed by atoms with Crippen molar-refractivity contribution >= 4 is 23.2 Å². The smallest absolute Gasteiger partial charge is 0.324 e. The minimum Gasteiger partial charge on any atom is -0.453 e. The normalized spacial score (nSPS) is 11.2. The molecule has 0 bridgehead atoms. The molecule has 148 valence electrons. The predicted molar refractivity (Wildman–Crippen MR) is 120 cm³/mol. The van der Waals surface area contributed by atoms with Crippen LogP contribution in [0.5, 0.6) is 0 Å². The third-order valence-electron chi connectivity index (χ3n) is 4.44. The van der Waals surface area contributed by atoms with E-state index in [-0.39, 0.29) is 0 Å². The molecule has 3 aromatic carbocycles. The molecule has 5 nitrogen and oxygen atoms in total. The number of nitrogens with one attached hydrogen (secondary N) is 2. The van der Waals surface area contributed by atoms with Crippen LogP contribution in [-0.4, -0.2) is 11.9 Å². The molecule has 0 saturated heterocycles. The molecule has 1 heterocycles. The highest BCUT2D eigenvalue weighted by Gasteiger charge is 2.14. The van der Waals surface area contributed by atoms with Gasteiger partial charge in [0.2, 0.25) is 0 Å². The lowest BCUT2D eigenvalue weighted by Gasteiger charge is -2.09. The van der Waals surface area contributed by atoms with Crippen LogP contribution in [0.15, 0.2) is 106 Å². The lowest BCUT2D eigenvalue weighted by atomic mass is 10.1. The number of amides is 2. The van der Waals surface area contributed by atoms with Gasteiger partial charge in [0, 0.05) is 11.3 Å². The molecular formula is C25H21N3O2. The van der Waals surface area contributed by atoms with E-state index in [4.69, 9.17) is 4.42 Å². The number of furan rings is 1. The molecule has 0 aliphatic heterocycles. The van der Waals surface area contributed by atoms with Crippen LogP contribution in [0.25, 0.3) is 11.3 Å². The lowest BCUT2D eigenvalue weighted by molar-refractivity contribution is 0.256. The molecule has 5 heteroatoms. The minimum absolute atomic E-state index is 0.327. The van der Waals surface area contributed by atoms with Crippen molar-refractivity contribution in [3.8, 4) is 11.3 Å². The second kappa shape index (κ2) is 8.92. The lowest BCUT2D eigenvalue weighted by Crippen LogP contribution is -2.34. The standard InChI is InChI=1S/C25H21N3O2/c1-18-12-14-19(15-13-18)22-16-17-23(30-22)24(26-20-8-4-2-5-9-20)28-25(29)27-21-10-6-3-7-11-21/h2-17H,1H3,(H2,26,27,28,29). The molecule has 30 heavy (non-hydrogen) atoms. The molecule has 4 aromatic rings. The molecule has 4 rings (SSSR count). The van der Waals surface area contributed by atoms with Crippen molar-refractivity contribution in [2.75, 3.05) is 5.32 Å². The molecule has 0 atom stereocenters. The van der Waals surface area contributed by atoms with Gasteiger partial charge in [-0.1, -0.05) is 66.2 Å². The van der Waals surface area contributed by atoms with Gasteiger partial charge in [0.05, 0.1) is 5.69 Å². The van der Waals surface area contributed by atoms with Gasteiger partial charge in [-0.2, -0.15) is 0 Å². The first kappa shape index (κ1) is 19.2. The highest BCUT2D eigenvalue weighted by molar-refractivity contribution is 6.10. The Bertz CT molecular complexity index is 1150. The van der Waals surface area contributed by atoms with Gasteiger partial charge < -0.3 is 9.73 Å². The summed E-state index contributed by atoms with van der Waals surface area (Å²) in [7, 11) is 0. The van der Waals surface area contributed by atoms with Gasteiger partial charge in [0.25, 0.3) is 0 Å². The summed E-state index contributed by atoms with van der Waals surface area (Å²) in [6.45, 7) is 2.04. The Kier molecular flexibility index (Phi) is 5.71. The van der Waals surface area contributed by atoms with Crippen molar-refractivity contribution in [1.82, 2.24) is 5.32 Å². The first-order valence-corrected chi connectivity index (χ1v) is 9.61. The van der Waals surface area contributed by atoms with E-state index in [9.17, 15) is 4.79 Å². The van der Waals surface area contributed by atoms with Gasteiger partial charge in [-0.25, -0.2) is 9.79 Å². The van der Waals surface area contributed by atoms with E-state index in [0.717, 1.165) is 5.56 Å². The average molecular weight is 395 g/mol. The van der Waals surface area contributed by atoms with Crippen molar-refractivity contribution in [3.63, 3.8) is 0 Å². The van der Waals surface area contributed by atoms with Crippen molar-refractivity contribution in [2.24, 2.45) is 4.99 Å². The molecular weight excluding hydrogens is 374 g/mol. The van der Waals surface area contributed by atoms with E-state index in [1.165, 1.54) is 5.56 Å². The van der Waals surface area contributed by atoms with Crippen molar-refractivity contribution in [3.05, 3.63) is 108 Å². The maximum atomic E-state index is 12.6. The Balaban J connectivity index is 1.62. The average Bonchev–Trinajstić information content (AvgIpc) is 3.25. The Hall–Kier alpha value is -4.12. The number of nitrogens with zero attached hydrogens (tertiary/aromatic N) is 1. The number of rotatable bonds is 4. The summed E-state index contributed by atoms with van der Waals surface area (Å²) in [5.74, 6) is 1.50. The summed E-state index contributed by atoms with van der Waals surface area (Å²) in [5, 5.41) is 5.61. The van der Waals surface area contributed by atoms with Gasteiger partial charge in [0.1, 0.15) is 5.76 Å². The van der Waals surface area contributed by atoms with E-state index in [0.29, 0.717) is 28.7 Å². The fourth-order valence-corrected chi connectivity index (χ4v) is 2.91. The zero-order valence-electron chi connectivity index (χ0n) is 16.5. The van der Waals surface area contributed by atoms with Crippen LogP contribution in [0, 0.1) is 6.92 Å². The maximum Gasteiger partial charge on any atom is 0.324 e. The van der Waals surface area contributed by atoms with Crippen LogP contribution in [0.3, 0.4) is 0 Å². The molecule has 0 spiro atoms. The number of anilines is 1. The molecule has 0 radical (unpaired) electrons. The number of carbonyl (C=O) groups excluding carboxylic acids is 1. The summed E-state index contributed by atoms with van der Waals surface area (Å²) < 4.78 is 6.02. The Morgan fingerprint density at radius 2 is 1.47 bits per heavy atom. The monoisotopic (exact) mass is 395 g/mol. The van der Waals surface area contributed by atoms with Crippen LogP contribution in [0.4, 0.5) is 16.2 Å². The van der Waals surface area contributed by atoms with Crippen LogP contribution in [0.2, 0.25) is 0 Å². The number of hydrogen-bond donors (Lipinski definition) is 2. The number of amidine groups is 1. The second-order valence-corrected chi connectivity index (χ2v) is 6.77. The van der Waals surface area contributed by atoms with Gasteiger partial charge in [-0.3, -0.25) is 5.32 Å². The topological polar surface area (TPSA) is 66.6 Å². The Labute approximate surface area is 175 Å². The fraction of sp³-hybridized carbons (Fsp3) is 0.0400. The quantitative estimate of drug-likeness (QED) is 0.321. The summed E-state index contributed by atoms with van der Waals surface area (Å²) in [6.07, 6.45) is 0. The zero-order valence-corrected chi connectivity index (χ0v) is 16.5. The molecule has 1 aromatic heterocycles. The van der Waals surface area contributed by atoms with Crippen molar-refractivity contribution in [1.29, 1.82) is 0 Å². The zero-order chi connectivity index (χ0) is 20.8. The SMILES string of the molecule is Cc1ccc(-c2ccc(C(=Nc3ccccc3)NC(=O)Nc3ccccc3)o2)cc1. The molecule has 2 N–H and O–H groups in total. The molecule has 0 unspecified atom stereocenters. The summed E-state index contributed by atoms with van der Waals surface area (Å²) in [4.78, 5) is 17.1. The van der Waals surface area contributed by atoms with Crippen molar-refractivity contribution in [2.45, 2.75) is 6.92 Å². The number of urea groups is 1. The predicted octanol–water partition coefficient (Wildman–Crippen LogP) is 6.16. The van der Waals surface area contributed by atoms with Crippen LogP contribution in [-0.2, 0) is 0 Å². The molecule has 2 amide bonds. The van der Waals surface area contributed by atoms with Crippen LogP contribution in [0.1, 0.15) is 11.3 Å². The largest absolute Gasteiger partial charge is 0.453 e. The Morgan fingerprint density at radius 1 is 0.800 bits per heavy atom. The number of hydrogen-bond acceptors (Lipinski definition) is 3. The number of benzene rings is 3. The molecule has 0 aliphatic carbocycles. The van der Waals surface area contributed by atoms with E-state index in [1.54, 1.807) is 6.07 Å². The molecule has 0 fully saturated rings. The second-order valence-electron chi connectivity index (χ2n) is 6.77. The minimum atomic E-state index is -0.399. The first-order chi connectivity index (χ1) is 14.7. The van der Waals surface area contributed by atoms with Gasteiger partial charge in [-0.15, -0.1) is 0 Å². The third-order valence-corrected chi connectivity index (χ3v) is 4.44. The van der Waals surface area contributed by atoms with E-state index in [1.807, 2.05) is 97.9 Å². The number of para-hydroxylation sites is 2. The fourth-order valence-electron chi connectivity index (χ4n) is 2.91.